The number of likely N-dealkylation sites (N-methyl/N-ethyl adjacent to an activating group) is 1. The maximum Gasteiger partial charge on any atom is 0.234 e. The van der Waals surface area contributed by atoms with Crippen LogP contribution in [-0.4, -0.2) is 48.3 Å². The topological polar surface area (TPSA) is 69.7 Å². The van der Waals surface area contributed by atoms with Crippen molar-refractivity contribution in [2.24, 2.45) is 0 Å². The van der Waals surface area contributed by atoms with E-state index in [4.69, 9.17) is 11.6 Å². The van der Waals surface area contributed by atoms with Gasteiger partial charge in [0.1, 0.15) is 0 Å². The highest BCUT2D eigenvalue weighted by Gasteiger charge is 2.52. The lowest BCUT2D eigenvalue weighted by Crippen LogP contribution is -2.67. The van der Waals surface area contributed by atoms with Crippen LogP contribution >= 0.6 is 11.6 Å². The van der Waals surface area contributed by atoms with Gasteiger partial charge in [-0.15, -0.1) is 0 Å². The molecule has 0 bridgehead atoms. The van der Waals surface area contributed by atoms with Gasteiger partial charge < -0.3 is 9.80 Å². The van der Waals surface area contributed by atoms with E-state index in [1.165, 1.54) is 0 Å². The highest BCUT2D eigenvalue weighted by atomic mass is 35.5. The molecule has 1 unspecified atom stereocenters. The quantitative estimate of drug-likeness (QED) is 0.748. The summed E-state index contributed by atoms with van der Waals surface area (Å²) in [6.45, 7) is 1.81. The summed E-state index contributed by atoms with van der Waals surface area (Å²) in [5.74, 6) is -0.786. The molecule has 1 N–H and O–H groups in total. The van der Waals surface area contributed by atoms with Crippen molar-refractivity contribution in [3.8, 4) is 11.1 Å². The molecule has 3 heterocycles. The van der Waals surface area contributed by atoms with E-state index in [1.54, 1.807) is 0 Å². The fraction of sp³-hybridized carbons (Fsp3) is 0.375. The van der Waals surface area contributed by atoms with Crippen LogP contribution in [0.4, 0.5) is 5.69 Å². The van der Waals surface area contributed by atoms with Gasteiger partial charge in [-0.1, -0.05) is 41.9 Å². The van der Waals surface area contributed by atoms with Crippen LogP contribution < -0.4 is 10.2 Å². The van der Waals surface area contributed by atoms with Gasteiger partial charge in [0, 0.05) is 37.2 Å². The molecule has 6 nitrogen and oxygen atoms in total. The van der Waals surface area contributed by atoms with Gasteiger partial charge in [0.2, 0.25) is 17.7 Å². The summed E-state index contributed by atoms with van der Waals surface area (Å²) < 4.78 is 0. The molecular formula is C24H24ClN3O3. The predicted molar refractivity (Wildman–Crippen MR) is 119 cm³/mol. The second kappa shape index (κ2) is 7.46. The van der Waals surface area contributed by atoms with Gasteiger partial charge in [-0.25, -0.2) is 0 Å². The summed E-state index contributed by atoms with van der Waals surface area (Å²) >= 11 is 6.73. The Labute approximate surface area is 186 Å². The van der Waals surface area contributed by atoms with Crippen LogP contribution in [0.15, 0.2) is 42.5 Å². The van der Waals surface area contributed by atoms with E-state index in [9.17, 15) is 14.4 Å². The second-order valence-electron chi connectivity index (χ2n) is 8.89. The van der Waals surface area contributed by atoms with Crippen LogP contribution in [0.3, 0.4) is 0 Å². The van der Waals surface area contributed by atoms with Crippen LogP contribution in [-0.2, 0) is 14.4 Å². The fourth-order valence-corrected chi connectivity index (χ4v) is 5.69. The van der Waals surface area contributed by atoms with E-state index in [0.29, 0.717) is 24.3 Å². The number of halogens is 1. The highest BCUT2D eigenvalue weighted by molar-refractivity contribution is 6.34. The van der Waals surface area contributed by atoms with E-state index >= 15 is 0 Å². The summed E-state index contributed by atoms with van der Waals surface area (Å²) in [6.07, 6.45) is 2.26. The van der Waals surface area contributed by atoms with Crippen LogP contribution in [0, 0.1) is 0 Å². The van der Waals surface area contributed by atoms with Crippen LogP contribution in [0.1, 0.15) is 37.2 Å². The van der Waals surface area contributed by atoms with Crippen LogP contribution in [0.5, 0.6) is 0 Å². The Hall–Kier alpha value is -2.70. The van der Waals surface area contributed by atoms with Gasteiger partial charge in [-0.05, 0) is 43.1 Å². The molecule has 5 rings (SSSR count). The molecule has 0 saturated carbocycles. The molecule has 1 spiro atoms. The summed E-state index contributed by atoms with van der Waals surface area (Å²) in [6, 6.07) is 13.6. The average Bonchev–Trinajstić information content (AvgIpc) is 3.06. The van der Waals surface area contributed by atoms with E-state index in [0.717, 1.165) is 41.9 Å². The number of amides is 3. The smallest absolute Gasteiger partial charge is 0.234 e. The van der Waals surface area contributed by atoms with Gasteiger partial charge in [0.15, 0.2) is 0 Å². The Balaban J connectivity index is 1.44. The minimum Gasteiger partial charge on any atom is -0.304 e. The van der Waals surface area contributed by atoms with E-state index in [2.05, 4.69) is 17.3 Å². The molecule has 3 aliphatic rings. The number of rotatable bonds is 3. The summed E-state index contributed by atoms with van der Waals surface area (Å²) in [4.78, 5) is 40.6. The van der Waals surface area contributed by atoms with Gasteiger partial charge in [-0.3, -0.25) is 19.7 Å². The van der Waals surface area contributed by atoms with Crippen molar-refractivity contribution in [1.82, 2.24) is 10.2 Å². The van der Waals surface area contributed by atoms with Gasteiger partial charge in [0.25, 0.3) is 0 Å². The lowest BCUT2D eigenvalue weighted by molar-refractivity contribution is -0.134. The predicted octanol–water partition coefficient (Wildman–Crippen LogP) is 3.34. The molecule has 0 aliphatic carbocycles. The number of likely N-dealkylation sites (tertiary alicyclic amines) is 1. The summed E-state index contributed by atoms with van der Waals surface area (Å²) in [5, 5.41) is 2.93. The standard InChI is InChI=1S/C24H24ClN3O3/c1-27-13-24(14-27)12-11-21(30)28(24)16-7-5-15(6-8-16)17-3-2-4-18(22(17)25)19-9-10-20(29)26-23(19)31/h2-8,19H,9-14H2,1H3,(H,26,29,31). The molecule has 3 aliphatic heterocycles. The van der Waals surface area contributed by atoms with Gasteiger partial charge in [0.05, 0.1) is 16.5 Å². The third kappa shape index (κ3) is 3.34. The second-order valence-corrected chi connectivity index (χ2v) is 9.26. The molecule has 3 fully saturated rings. The molecule has 160 valence electrons. The first-order valence-electron chi connectivity index (χ1n) is 10.6. The number of piperidine rings is 1. The molecule has 1 atom stereocenters. The Kier molecular flexibility index (Phi) is 4.87. The summed E-state index contributed by atoms with van der Waals surface area (Å²) in [5.41, 5.74) is 3.34. The number of hydrogen-bond donors (Lipinski definition) is 1. The minimum atomic E-state index is -0.429. The van der Waals surface area contributed by atoms with E-state index in [-0.39, 0.29) is 23.3 Å². The Morgan fingerprint density at radius 3 is 2.45 bits per heavy atom. The molecule has 3 amide bonds. The number of nitrogens with zero attached hydrogens (tertiary/aromatic N) is 2. The van der Waals surface area contributed by atoms with Crippen molar-refractivity contribution >= 4 is 35.0 Å². The molecule has 0 aromatic heterocycles. The lowest BCUT2D eigenvalue weighted by atomic mass is 9.87. The van der Waals surface area contributed by atoms with Crippen molar-refractivity contribution in [2.75, 3.05) is 25.0 Å². The molecule has 0 radical (unpaired) electrons. The maximum atomic E-state index is 12.6. The maximum absolute atomic E-state index is 12.6. The number of imide groups is 1. The van der Waals surface area contributed by atoms with E-state index in [1.807, 2.05) is 47.4 Å². The summed E-state index contributed by atoms with van der Waals surface area (Å²) in [7, 11) is 2.08. The minimum absolute atomic E-state index is 0.0727. The first-order chi connectivity index (χ1) is 14.9. The number of hydrogen-bond acceptors (Lipinski definition) is 4. The van der Waals surface area contributed by atoms with Crippen molar-refractivity contribution in [1.29, 1.82) is 0 Å². The Bertz CT molecular complexity index is 1080. The molecule has 31 heavy (non-hydrogen) atoms. The Morgan fingerprint density at radius 2 is 1.77 bits per heavy atom. The molecule has 3 saturated heterocycles. The van der Waals surface area contributed by atoms with E-state index < -0.39 is 5.92 Å². The van der Waals surface area contributed by atoms with Gasteiger partial charge in [-0.2, -0.15) is 0 Å². The van der Waals surface area contributed by atoms with Crippen LogP contribution in [0.25, 0.3) is 11.1 Å². The van der Waals surface area contributed by atoms with Crippen LogP contribution in [0.2, 0.25) is 5.02 Å². The first-order valence-corrected chi connectivity index (χ1v) is 11.0. The third-order valence-corrected chi connectivity index (χ3v) is 7.16. The molecule has 7 heteroatoms. The SMILES string of the molecule is CN1CC2(CCC(=O)N2c2ccc(-c3cccc(C4CCC(=O)NC4=O)c3Cl)cc2)C1. The normalized spacial score (nSPS) is 23.2. The fourth-order valence-electron chi connectivity index (χ4n) is 5.33. The zero-order valence-electron chi connectivity index (χ0n) is 17.4. The number of nitrogens with one attached hydrogen (secondary N) is 1. The number of benzene rings is 2. The van der Waals surface area contributed by atoms with Crippen molar-refractivity contribution in [2.45, 2.75) is 37.1 Å². The molecule has 2 aromatic carbocycles. The highest BCUT2D eigenvalue weighted by Crippen LogP contribution is 2.42. The zero-order valence-corrected chi connectivity index (χ0v) is 18.1. The Morgan fingerprint density at radius 1 is 1.03 bits per heavy atom. The largest absolute Gasteiger partial charge is 0.304 e. The van der Waals surface area contributed by atoms with Crippen molar-refractivity contribution in [3.05, 3.63) is 53.1 Å². The number of anilines is 1. The molecular weight excluding hydrogens is 414 g/mol. The van der Waals surface area contributed by atoms with Crippen molar-refractivity contribution < 1.29 is 14.4 Å². The number of carbonyl (C=O) groups is 3. The first kappa shape index (κ1) is 20.2. The number of carbonyl (C=O) groups excluding carboxylic acids is 3. The average molecular weight is 438 g/mol. The molecule has 2 aromatic rings. The third-order valence-electron chi connectivity index (χ3n) is 6.74. The van der Waals surface area contributed by atoms with Crippen molar-refractivity contribution in [3.63, 3.8) is 0 Å². The zero-order chi connectivity index (χ0) is 21.8. The monoisotopic (exact) mass is 437 g/mol. The van der Waals surface area contributed by atoms with Gasteiger partial charge >= 0.3 is 0 Å². The lowest BCUT2D eigenvalue weighted by Gasteiger charge is -2.51.